The van der Waals surface area contributed by atoms with Crippen molar-refractivity contribution in [3.05, 3.63) is 28.2 Å². The summed E-state index contributed by atoms with van der Waals surface area (Å²) in [7, 11) is -3.90. The van der Waals surface area contributed by atoms with E-state index in [9.17, 15) is 13.2 Å². The van der Waals surface area contributed by atoms with Crippen LogP contribution < -0.4 is 0 Å². The number of isocyanates is 1. The van der Waals surface area contributed by atoms with E-state index in [1.807, 2.05) is 6.92 Å². The van der Waals surface area contributed by atoms with E-state index >= 15 is 0 Å². The third-order valence-corrected chi connectivity index (χ3v) is 3.67. The largest absolute Gasteiger partial charge is 0.293 e. The predicted octanol–water partition coefficient (Wildman–Crippen LogP) is 1.78. The van der Waals surface area contributed by atoms with Crippen molar-refractivity contribution < 1.29 is 13.2 Å². The van der Waals surface area contributed by atoms with Crippen molar-refractivity contribution in [3.8, 4) is 0 Å². The molecule has 4 nitrogen and oxygen atoms in total. The summed E-state index contributed by atoms with van der Waals surface area (Å²) in [6.07, 6.45) is 1.01. The zero-order valence-electron chi connectivity index (χ0n) is 7.19. The molecule has 0 amide bonds. The number of rotatable bonds is 2. The Bertz CT molecular complexity index is 503. The van der Waals surface area contributed by atoms with Gasteiger partial charge in [0.2, 0.25) is 0 Å². The Hall–Kier alpha value is -0.970. The van der Waals surface area contributed by atoms with E-state index in [2.05, 4.69) is 20.3 Å². The van der Waals surface area contributed by atoms with Gasteiger partial charge in [0.1, 0.15) is 4.90 Å². The second kappa shape index (κ2) is 4.04. The van der Waals surface area contributed by atoms with Gasteiger partial charge in [0.15, 0.2) is 0 Å². The molecule has 0 bridgehead atoms. The summed E-state index contributed by atoms with van der Waals surface area (Å²) in [5.41, 5.74) is 0.908. The molecule has 0 aromatic heterocycles. The predicted molar refractivity (Wildman–Crippen MR) is 54.2 cm³/mol. The van der Waals surface area contributed by atoms with Crippen molar-refractivity contribution >= 4 is 32.0 Å². The van der Waals surface area contributed by atoms with Crippen LogP contribution in [-0.4, -0.2) is 14.5 Å². The number of hydrogen-bond donors (Lipinski definition) is 0. The van der Waals surface area contributed by atoms with Gasteiger partial charge < -0.3 is 0 Å². The average Bonchev–Trinajstić information content (AvgIpc) is 2.02. The molecule has 0 aliphatic rings. The van der Waals surface area contributed by atoms with Crippen molar-refractivity contribution in [1.82, 2.24) is 0 Å². The molecule has 0 fully saturated rings. The van der Waals surface area contributed by atoms with Gasteiger partial charge in [-0.15, -0.1) is 0 Å². The maximum atomic E-state index is 11.3. The monoisotopic (exact) mass is 275 g/mol. The molecular formula is C8H6BrNO3S. The summed E-state index contributed by atoms with van der Waals surface area (Å²) in [6.45, 7) is 1.82. The molecule has 0 saturated carbocycles. The van der Waals surface area contributed by atoms with Gasteiger partial charge in [0.05, 0.1) is 0 Å². The first-order valence-electron chi connectivity index (χ1n) is 3.57. The van der Waals surface area contributed by atoms with Crippen LogP contribution in [0.4, 0.5) is 0 Å². The van der Waals surface area contributed by atoms with E-state index < -0.39 is 10.0 Å². The van der Waals surface area contributed by atoms with Gasteiger partial charge in [-0.05, 0) is 40.5 Å². The molecule has 0 N–H and O–H groups in total. The maximum absolute atomic E-state index is 11.3. The lowest BCUT2D eigenvalue weighted by molar-refractivity contribution is 0.563. The van der Waals surface area contributed by atoms with Gasteiger partial charge in [-0.1, -0.05) is 10.5 Å². The molecule has 0 atom stereocenters. The first-order valence-corrected chi connectivity index (χ1v) is 5.81. The molecule has 6 heteroatoms. The minimum Gasteiger partial charge on any atom is -0.210 e. The van der Waals surface area contributed by atoms with Crippen LogP contribution in [0.5, 0.6) is 0 Å². The Morgan fingerprint density at radius 3 is 2.57 bits per heavy atom. The molecule has 14 heavy (non-hydrogen) atoms. The highest BCUT2D eigenvalue weighted by atomic mass is 79.9. The fourth-order valence-corrected chi connectivity index (χ4v) is 2.76. The third kappa shape index (κ3) is 2.29. The number of halogens is 1. The summed E-state index contributed by atoms with van der Waals surface area (Å²) >= 11 is 3.08. The average molecular weight is 276 g/mol. The number of nitrogens with zero attached hydrogens (tertiary/aromatic N) is 1. The molecule has 0 spiro atoms. The normalized spacial score (nSPS) is 10.7. The molecule has 0 aliphatic heterocycles. The summed E-state index contributed by atoms with van der Waals surface area (Å²) in [5, 5.41) is 0. The number of aryl methyl sites for hydroxylation is 1. The lowest BCUT2D eigenvalue weighted by Crippen LogP contribution is -1.97. The van der Waals surface area contributed by atoms with Crippen molar-refractivity contribution in [2.24, 2.45) is 4.40 Å². The highest BCUT2D eigenvalue weighted by Crippen LogP contribution is 2.24. The Morgan fingerprint density at radius 2 is 2.07 bits per heavy atom. The second-order valence-corrected chi connectivity index (χ2v) is 5.02. The first-order chi connectivity index (χ1) is 6.47. The summed E-state index contributed by atoms with van der Waals surface area (Å²) in [6, 6.07) is 4.64. The minimum absolute atomic E-state index is 0.0357. The second-order valence-electron chi connectivity index (χ2n) is 2.59. The molecule has 0 heterocycles. The van der Waals surface area contributed by atoms with Crippen LogP contribution in [0.15, 0.2) is 32.0 Å². The summed E-state index contributed by atoms with van der Waals surface area (Å²) in [4.78, 5) is 9.85. The quantitative estimate of drug-likeness (QED) is 0.611. The van der Waals surface area contributed by atoms with Crippen LogP contribution in [0.2, 0.25) is 0 Å². The van der Waals surface area contributed by atoms with Crippen LogP contribution in [0, 0.1) is 6.92 Å². The number of sulfonamides is 1. The van der Waals surface area contributed by atoms with E-state index in [0.29, 0.717) is 4.47 Å². The van der Waals surface area contributed by atoms with Gasteiger partial charge >= 0.3 is 0 Å². The lowest BCUT2D eigenvalue weighted by atomic mass is 10.2. The van der Waals surface area contributed by atoms with Gasteiger partial charge in [-0.3, -0.25) is 0 Å². The first kappa shape index (κ1) is 11.1. The summed E-state index contributed by atoms with van der Waals surface area (Å²) in [5.74, 6) is 0. The highest BCUT2D eigenvalue weighted by Gasteiger charge is 2.15. The number of carbonyl (C=O) groups excluding carboxylic acids is 1. The molecule has 74 valence electrons. The van der Waals surface area contributed by atoms with Gasteiger partial charge in [-0.2, -0.15) is 8.42 Å². The number of benzene rings is 1. The fraction of sp³-hybridized carbons (Fsp3) is 0.125. The molecule has 0 saturated heterocycles. The van der Waals surface area contributed by atoms with Crippen molar-refractivity contribution in [3.63, 3.8) is 0 Å². The smallest absolute Gasteiger partial charge is 0.210 e. The molecular weight excluding hydrogens is 270 g/mol. The standard InChI is InChI=1S/C8H6BrNO3S/c1-6-2-3-8(7(9)4-6)14(12,13)10-5-11/h2-4H,1H3. The van der Waals surface area contributed by atoms with E-state index in [1.54, 1.807) is 12.1 Å². The van der Waals surface area contributed by atoms with Crippen LogP contribution in [0.3, 0.4) is 0 Å². The Balaban J connectivity index is 3.41. The van der Waals surface area contributed by atoms with Gasteiger partial charge in [-0.25, -0.2) is 4.79 Å². The SMILES string of the molecule is Cc1ccc(S(=O)(=O)N=C=O)c(Br)c1. The topological polar surface area (TPSA) is 63.6 Å². The lowest BCUT2D eigenvalue weighted by Gasteiger charge is -2.00. The highest BCUT2D eigenvalue weighted by molar-refractivity contribution is 9.10. The zero-order valence-corrected chi connectivity index (χ0v) is 9.59. The molecule has 1 aromatic carbocycles. The number of hydrogen-bond acceptors (Lipinski definition) is 3. The van der Waals surface area contributed by atoms with Gasteiger partial charge in [0.25, 0.3) is 16.1 Å². The Morgan fingerprint density at radius 1 is 1.43 bits per heavy atom. The van der Waals surface area contributed by atoms with E-state index in [4.69, 9.17) is 0 Å². The van der Waals surface area contributed by atoms with Crippen LogP contribution >= 0.6 is 15.9 Å². The van der Waals surface area contributed by atoms with E-state index in [1.165, 1.54) is 6.07 Å². The Kier molecular flexibility index (Phi) is 3.21. The molecule has 0 unspecified atom stereocenters. The third-order valence-electron chi connectivity index (χ3n) is 1.52. The van der Waals surface area contributed by atoms with Crippen molar-refractivity contribution in [1.29, 1.82) is 0 Å². The minimum atomic E-state index is -3.90. The van der Waals surface area contributed by atoms with Crippen LogP contribution in [0.25, 0.3) is 0 Å². The molecule has 1 aromatic rings. The van der Waals surface area contributed by atoms with E-state index in [0.717, 1.165) is 11.6 Å². The fourth-order valence-electron chi connectivity index (χ4n) is 0.913. The van der Waals surface area contributed by atoms with E-state index in [-0.39, 0.29) is 4.90 Å². The van der Waals surface area contributed by atoms with Crippen LogP contribution in [-0.2, 0) is 14.8 Å². The maximum Gasteiger partial charge on any atom is 0.293 e. The van der Waals surface area contributed by atoms with Crippen molar-refractivity contribution in [2.75, 3.05) is 0 Å². The summed E-state index contributed by atoms with van der Waals surface area (Å²) < 4.78 is 25.7. The van der Waals surface area contributed by atoms with Crippen molar-refractivity contribution in [2.45, 2.75) is 11.8 Å². The molecule has 0 aliphatic carbocycles. The molecule has 0 radical (unpaired) electrons. The Labute approximate surface area is 89.8 Å². The molecule has 1 rings (SSSR count). The van der Waals surface area contributed by atoms with Crippen LogP contribution in [0.1, 0.15) is 5.56 Å². The van der Waals surface area contributed by atoms with Gasteiger partial charge in [0, 0.05) is 4.47 Å². The zero-order chi connectivity index (χ0) is 10.8.